The molecule has 0 atom stereocenters. The van der Waals surface area contributed by atoms with Crippen molar-refractivity contribution in [2.45, 2.75) is 26.6 Å². The first-order chi connectivity index (χ1) is 7.33. The topological polar surface area (TPSA) is 61.7 Å². The summed E-state index contributed by atoms with van der Waals surface area (Å²) in [4.78, 5) is 8.30. The van der Waals surface area contributed by atoms with E-state index in [9.17, 15) is 0 Å². The number of imidazole rings is 2. The Labute approximate surface area is 88.6 Å². The van der Waals surface area contributed by atoms with Gasteiger partial charge in [-0.3, -0.25) is 0 Å². The van der Waals surface area contributed by atoms with Crippen LogP contribution in [0.5, 0.6) is 0 Å². The molecule has 0 saturated carbocycles. The quantitative estimate of drug-likeness (QED) is 0.795. The van der Waals surface area contributed by atoms with E-state index in [0.29, 0.717) is 6.54 Å². The molecule has 2 heterocycles. The van der Waals surface area contributed by atoms with E-state index in [1.54, 1.807) is 6.33 Å². The monoisotopic (exact) mass is 205 g/mol. The Morgan fingerprint density at radius 3 is 2.93 bits per heavy atom. The third kappa shape index (κ3) is 2.07. The summed E-state index contributed by atoms with van der Waals surface area (Å²) >= 11 is 0. The minimum absolute atomic E-state index is 0.486. The molecule has 2 N–H and O–H groups in total. The first-order valence-corrected chi connectivity index (χ1v) is 5.03. The Morgan fingerprint density at radius 2 is 2.27 bits per heavy atom. The van der Waals surface area contributed by atoms with Gasteiger partial charge in [-0.2, -0.15) is 0 Å². The molecule has 5 heteroatoms. The Morgan fingerprint density at radius 1 is 1.40 bits per heavy atom. The van der Waals surface area contributed by atoms with Crippen LogP contribution in [-0.4, -0.2) is 19.1 Å². The van der Waals surface area contributed by atoms with Crippen LogP contribution in [0.25, 0.3) is 0 Å². The van der Waals surface area contributed by atoms with E-state index in [1.807, 2.05) is 23.3 Å². The van der Waals surface area contributed by atoms with Gasteiger partial charge in [0.1, 0.15) is 0 Å². The SMILES string of the molecule is CCn1cncc1Cn1cnc(CN)c1. The van der Waals surface area contributed by atoms with E-state index in [-0.39, 0.29) is 0 Å². The van der Waals surface area contributed by atoms with Crippen LogP contribution >= 0.6 is 0 Å². The van der Waals surface area contributed by atoms with Gasteiger partial charge < -0.3 is 14.9 Å². The minimum atomic E-state index is 0.486. The molecule has 0 aliphatic rings. The van der Waals surface area contributed by atoms with E-state index in [0.717, 1.165) is 18.8 Å². The van der Waals surface area contributed by atoms with Crippen LogP contribution in [0.3, 0.4) is 0 Å². The van der Waals surface area contributed by atoms with E-state index in [4.69, 9.17) is 5.73 Å². The Balaban J connectivity index is 2.14. The molecule has 0 spiro atoms. The summed E-state index contributed by atoms with van der Waals surface area (Å²) in [6.07, 6.45) is 7.49. The number of hydrogen-bond donors (Lipinski definition) is 1. The standard InChI is InChI=1S/C10H15N5/c1-2-15-7-12-4-10(15)6-14-5-9(3-11)13-8-14/h4-5,7-8H,2-3,6,11H2,1H3. The molecule has 15 heavy (non-hydrogen) atoms. The second kappa shape index (κ2) is 4.27. The van der Waals surface area contributed by atoms with E-state index in [1.165, 1.54) is 5.69 Å². The third-order valence-corrected chi connectivity index (χ3v) is 2.38. The van der Waals surface area contributed by atoms with Crippen molar-refractivity contribution in [3.63, 3.8) is 0 Å². The predicted molar refractivity (Wildman–Crippen MR) is 57.1 cm³/mol. The van der Waals surface area contributed by atoms with Crippen LogP contribution in [0.4, 0.5) is 0 Å². The van der Waals surface area contributed by atoms with Gasteiger partial charge in [-0.1, -0.05) is 0 Å². The number of aromatic nitrogens is 4. The molecule has 0 radical (unpaired) electrons. The largest absolute Gasteiger partial charge is 0.333 e. The molecule has 2 aromatic heterocycles. The fraction of sp³-hybridized carbons (Fsp3) is 0.400. The fourth-order valence-electron chi connectivity index (χ4n) is 1.55. The summed E-state index contributed by atoms with van der Waals surface area (Å²) in [6.45, 7) is 4.32. The summed E-state index contributed by atoms with van der Waals surface area (Å²) in [5.41, 5.74) is 7.59. The maximum atomic E-state index is 5.50. The summed E-state index contributed by atoms with van der Waals surface area (Å²) in [5.74, 6) is 0. The summed E-state index contributed by atoms with van der Waals surface area (Å²) in [5, 5.41) is 0. The molecule has 5 nitrogen and oxygen atoms in total. The lowest BCUT2D eigenvalue weighted by Crippen LogP contribution is -2.04. The molecule has 0 aliphatic carbocycles. The Kier molecular flexibility index (Phi) is 2.82. The zero-order valence-corrected chi connectivity index (χ0v) is 8.80. The number of nitrogens with two attached hydrogens (primary N) is 1. The first kappa shape index (κ1) is 9.92. The van der Waals surface area contributed by atoms with E-state index in [2.05, 4.69) is 21.5 Å². The van der Waals surface area contributed by atoms with Crippen molar-refractivity contribution >= 4 is 0 Å². The molecule has 0 amide bonds. The van der Waals surface area contributed by atoms with Gasteiger partial charge in [0.25, 0.3) is 0 Å². The van der Waals surface area contributed by atoms with Crippen LogP contribution in [0.15, 0.2) is 25.0 Å². The molecular formula is C10H15N5. The Bertz CT molecular complexity index is 428. The highest BCUT2D eigenvalue weighted by molar-refractivity contribution is 5.02. The molecule has 80 valence electrons. The predicted octanol–water partition coefficient (Wildman–Crippen LogP) is 0.606. The van der Waals surface area contributed by atoms with Crippen LogP contribution in [0.2, 0.25) is 0 Å². The third-order valence-electron chi connectivity index (χ3n) is 2.38. The minimum Gasteiger partial charge on any atom is -0.333 e. The average molecular weight is 205 g/mol. The summed E-state index contributed by atoms with van der Waals surface area (Å²) in [7, 11) is 0. The van der Waals surface area contributed by atoms with Crippen molar-refractivity contribution in [3.05, 3.63) is 36.4 Å². The lowest BCUT2D eigenvalue weighted by Gasteiger charge is -2.05. The number of hydrogen-bond acceptors (Lipinski definition) is 3. The van der Waals surface area contributed by atoms with Crippen LogP contribution in [0.1, 0.15) is 18.3 Å². The van der Waals surface area contributed by atoms with Crippen molar-refractivity contribution in [1.82, 2.24) is 19.1 Å². The van der Waals surface area contributed by atoms with Gasteiger partial charge in [-0.15, -0.1) is 0 Å². The van der Waals surface area contributed by atoms with Crippen LogP contribution in [0, 0.1) is 0 Å². The van der Waals surface area contributed by atoms with E-state index >= 15 is 0 Å². The molecule has 0 unspecified atom stereocenters. The van der Waals surface area contributed by atoms with E-state index < -0.39 is 0 Å². The van der Waals surface area contributed by atoms with Crippen molar-refractivity contribution in [3.8, 4) is 0 Å². The highest BCUT2D eigenvalue weighted by Gasteiger charge is 2.02. The van der Waals surface area contributed by atoms with Crippen molar-refractivity contribution < 1.29 is 0 Å². The summed E-state index contributed by atoms with van der Waals surface area (Å²) < 4.78 is 4.13. The normalized spacial score (nSPS) is 10.8. The molecule has 0 aliphatic heterocycles. The van der Waals surface area contributed by atoms with Gasteiger partial charge in [0.2, 0.25) is 0 Å². The zero-order chi connectivity index (χ0) is 10.7. The van der Waals surface area contributed by atoms with Gasteiger partial charge in [-0.25, -0.2) is 9.97 Å². The van der Waals surface area contributed by atoms with Gasteiger partial charge >= 0.3 is 0 Å². The number of aryl methyl sites for hydroxylation is 1. The van der Waals surface area contributed by atoms with Crippen LogP contribution in [-0.2, 0) is 19.6 Å². The maximum absolute atomic E-state index is 5.50. The van der Waals surface area contributed by atoms with Gasteiger partial charge in [-0.05, 0) is 6.92 Å². The van der Waals surface area contributed by atoms with Crippen LogP contribution < -0.4 is 5.73 Å². The fourth-order valence-corrected chi connectivity index (χ4v) is 1.55. The molecule has 0 bridgehead atoms. The molecule has 2 aromatic rings. The molecule has 0 fully saturated rings. The molecule has 0 aromatic carbocycles. The number of nitrogens with zero attached hydrogens (tertiary/aromatic N) is 4. The molecule has 2 rings (SSSR count). The van der Waals surface area contributed by atoms with Crippen molar-refractivity contribution in [2.24, 2.45) is 5.73 Å². The summed E-state index contributed by atoms with van der Waals surface area (Å²) in [6, 6.07) is 0. The highest BCUT2D eigenvalue weighted by Crippen LogP contribution is 2.03. The number of rotatable bonds is 4. The second-order valence-corrected chi connectivity index (χ2v) is 3.41. The van der Waals surface area contributed by atoms with Crippen molar-refractivity contribution in [2.75, 3.05) is 0 Å². The maximum Gasteiger partial charge on any atom is 0.0953 e. The smallest absolute Gasteiger partial charge is 0.0953 e. The molecule has 0 saturated heterocycles. The lowest BCUT2D eigenvalue weighted by molar-refractivity contribution is 0.668. The van der Waals surface area contributed by atoms with Gasteiger partial charge in [0, 0.05) is 25.5 Å². The highest BCUT2D eigenvalue weighted by atomic mass is 15.1. The van der Waals surface area contributed by atoms with Crippen molar-refractivity contribution in [1.29, 1.82) is 0 Å². The molecular weight excluding hydrogens is 190 g/mol. The Hall–Kier alpha value is -1.62. The first-order valence-electron chi connectivity index (χ1n) is 5.03. The lowest BCUT2D eigenvalue weighted by atomic mass is 10.4. The van der Waals surface area contributed by atoms with Gasteiger partial charge in [0.05, 0.1) is 30.6 Å². The average Bonchev–Trinajstić information content (AvgIpc) is 2.87. The second-order valence-electron chi connectivity index (χ2n) is 3.41. The van der Waals surface area contributed by atoms with Gasteiger partial charge in [0.15, 0.2) is 0 Å². The zero-order valence-electron chi connectivity index (χ0n) is 8.80.